The molecular formula is C14H28N2O2. The Morgan fingerprint density at radius 3 is 2.44 bits per heavy atom. The topological polar surface area (TPSA) is 55.6 Å². The van der Waals surface area contributed by atoms with Crippen molar-refractivity contribution >= 4 is 5.91 Å². The molecule has 18 heavy (non-hydrogen) atoms. The zero-order chi connectivity index (χ0) is 13.9. The van der Waals surface area contributed by atoms with Crippen molar-refractivity contribution in [2.24, 2.45) is 11.1 Å². The SMILES string of the molecule is CCC1(CC)C(OC)CC1N(C)C(=O)CC(C)N. The first kappa shape index (κ1) is 15.4. The lowest BCUT2D eigenvalue weighted by Gasteiger charge is -2.58. The highest BCUT2D eigenvalue weighted by Gasteiger charge is 2.55. The smallest absolute Gasteiger partial charge is 0.224 e. The maximum Gasteiger partial charge on any atom is 0.224 e. The van der Waals surface area contributed by atoms with Crippen molar-refractivity contribution in [3.63, 3.8) is 0 Å². The first-order valence-electron chi connectivity index (χ1n) is 6.96. The van der Waals surface area contributed by atoms with Crippen molar-refractivity contribution in [2.45, 2.75) is 64.6 Å². The van der Waals surface area contributed by atoms with Gasteiger partial charge in [0.15, 0.2) is 0 Å². The molecule has 0 aromatic rings. The molecule has 4 heteroatoms. The third kappa shape index (κ3) is 2.54. The summed E-state index contributed by atoms with van der Waals surface area (Å²) in [5, 5.41) is 0. The summed E-state index contributed by atoms with van der Waals surface area (Å²) in [6, 6.07) is 0.222. The van der Waals surface area contributed by atoms with Crippen LogP contribution in [0.5, 0.6) is 0 Å². The number of nitrogens with zero attached hydrogens (tertiary/aromatic N) is 1. The number of hydrogen-bond donors (Lipinski definition) is 1. The van der Waals surface area contributed by atoms with Gasteiger partial charge >= 0.3 is 0 Å². The predicted molar refractivity (Wildman–Crippen MR) is 73.3 cm³/mol. The highest BCUT2D eigenvalue weighted by atomic mass is 16.5. The number of ether oxygens (including phenoxy) is 1. The fourth-order valence-corrected chi connectivity index (χ4v) is 3.37. The molecule has 0 aromatic carbocycles. The lowest BCUT2D eigenvalue weighted by Crippen LogP contribution is -2.64. The number of carbonyl (C=O) groups is 1. The highest BCUT2D eigenvalue weighted by Crippen LogP contribution is 2.50. The zero-order valence-electron chi connectivity index (χ0n) is 12.4. The van der Waals surface area contributed by atoms with E-state index in [9.17, 15) is 4.79 Å². The van der Waals surface area contributed by atoms with Crippen LogP contribution >= 0.6 is 0 Å². The van der Waals surface area contributed by atoms with Gasteiger partial charge in [-0.2, -0.15) is 0 Å². The van der Waals surface area contributed by atoms with E-state index in [-0.39, 0.29) is 23.5 Å². The Morgan fingerprint density at radius 2 is 2.06 bits per heavy atom. The number of methoxy groups -OCH3 is 1. The molecule has 3 unspecified atom stereocenters. The van der Waals surface area contributed by atoms with Crippen LogP contribution in [-0.4, -0.2) is 43.2 Å². The molecular weight excluding hydrogens is 228 g/mol. The van der Waals surface area contributed by atoms with Gasteiger partial charge in [0, 0.05) is 38.1 Å². The van der Waals surface area contributed by atoms with Crippen molar-refractivity contribution in [3.05, 3.63) is 0 Å². The molecule has 0 spiro atoms. The van der Waals surface area contributed by atoms with Gasteiger partial charge in [0.25, 0.3) is 0 Å². The van der Waals surface area contributed by atoms with Crippen molar-refractivity contribution in [3.8, 4) is 0 Å². The molecule has 3 atom stereocenters. The fourth-order valence-electron chi connectivity index (χ4n) is 3.37. The van der Waals surface area contributed by atoms with Gasteiger partial charge in [0.05, 0.1) is 6.10 Å². The van der Waals surface area contributed by atoms with Crippen molar-refractivity contribution in [2.75, 3.05) is 14.2 Å². The first-order valence-corrected chi connectivity index (χ1v) is 6.96. The Labute approximate surface area is 111 Å². The molecule has 106 valence electrons. The molecule has 0 heterocycles. The van der Waals surface area contributed by atoms with Gasteiger partial charge in [-0.25, -0.2) is 0 Å². The molecule has 0 radical (unpaired) electrons. The van der Waals surface area contributed by atoms with E-state index in [2.05, 4.69) is 13.8 Å². The summed E-state index contributed by atoms with van der Waals surface area (Å²) in [4.78, 5) is 14.0. The predicted octanol–water partition coefficient (Wildman–Crippen LogP) is 1.78. The van der Waals surface area contributed by atoms with E-state index in [1.54, 1.807) is 7.11 Å². The largest absolute Gasteiger partial charge is 0.381 e. The van der Waals surface area contributed by atoms with Gasteiger partial charge in [-0.1, -0.05) is 13.8 Å². The Balaban J connectivity index is 2.75. The highest BCUT2D eigenvalue weighted by molar-refractivity contribution is 5.77. The molecule has 1 saturated carbocycles. The lowest BCUT2D eigenvalue weighted by atomic mass is 9.58. The van der Waals surface area contributed by atoms with Crippen LogP contribution in [0.4, 0.5) is 0 Å². The molecule has 1 aliphatic rings. The molecule has 1 aliphatic carbocycles. The monoisotopic (exact) mass is 256 g/mol. The normalized spacial score (nSPS) is 27.4. The summed E-state index contributed by atoms with van der Waals surface area (Å²) in [7, 11) is 3.67. The average molecular weight is 256 g/mol. The van der Waals surface area contributed by atoms with E-state index in [0.29, 0.717) is 12.5 Å². The number of hydrogen-bond acceptors (Lipinski definition) is 3. The van der Waals surface area contributed by atoms with Crippen molar-refractivity contribution in [1.29, 1.82) is 0 Å². The molecule has 1 amide bonds. The zero-order valence-corrected chi connectivity index (χ0v) is 12.4. The minimum atomic E-state index is -0.0732. The summed E-state index contributed by atoms with van der Waals surface area (Å²) in [6.07, 6.45) is 3.74. The van der Waals surface area contributed by atoms with Crippen LogP contribution in [0.15, 0.2) is 0 Å². The summed E-state index contributed by atoms with van der Waals surface area (Å²) in [5.74, 6) is 0.149. The van der Waals surface area contributed by atoms with E-state index in [1.165, 1.54) is 0 Å². The minimum absolute atomic E-state index is 0.0732. The minimum Gasteiger partial charge on any atom is -0.381 e. The van der Waals surface area contributed by atoms with E-state index < -0.39 is 0 Å². The third-order valence-corrected chi connectivity index (χ3v) is 4.70. The summed E-state index contributed by atoms with van der Waals surface area (Å²) < 4.78 is 5.56. The molecule has 1 rings (SSSR count). The second-order valence-corrected chi connectivity index (χ2v) is 5.60. The molecule has 4 nitrogen and oxygen atoms in total. The number of rotatable bonds is 6. The standard InChI is InChI=1S/C14H28N2O2/c1-6-14(7-2)11(9-12(14)18-5)16(4)13(17)8-10(3)15/h10-12H,6-9,15H2,1-5H3. The summed E-state index contributed by atoms with van der Waals surface area (Å²) >= 11 is 0. The Morgan fingerprint density at radius 1 is 1.50 bits per heavy atom. The third-order valence-electron chi connectivity index (χ3n) is 4.70. The average Bonchev–Trinajstić information content (AvgIpc) is 2.29. The van der Waals surface area contributed by atoms with E-state index >= 15 is 0 Å². The first-order chi connectivity index (χ1) is 8.42. The Kier molecular flexibility index (Phi) is 5.17. The van der Waals surface area contributed by atoms with Crippen LogP contribution in [-0.2, 0) is 9.53 Å². The molecule has 0 saturated heterocycles. The molecule has 0 bridgehead atoms. The number of amides is 1. The van der Waals surface area contributed by atoms with E-state index in [1.807, 2.05) is 18.9 Å². The summed E-state index contributed by atoms with van der Waals surface area (Å²) in [5.41, 5.74) is 5.83. The van der Waals surface area contributed by atoms with Gasteiger partial charge < -0.3 is 15.4 Å². The Bertz CT molecular complexity index is 288. The van der Waals surface area contributed by atoms with Gasteiger partial charge in [-0.15, -0.1) is 0 Å². The molecule has 0 aromatic heterocycles. The fraction of sp³-hybridized carbons (Fsp3) is 0.929. The van der Waals surface area contributed by atoms with Gasteiger partial charge in [-0.05, 0) is 26.2 Å². The lowest BCUT2D eigenvalue weighted by molar-refractivity contribution is -0.170. The van der Waals surface area contributed by atoms with Crippen LogP contribution < -0.4 is 5.73 Å². The number of carbonyl (C=O) groups excluding carboxylic acids is 1. The second-order valence-electron chi connectivity index (χ2n) is 5.60. The van der Waals surface area contributed by atoms with Crippen LogP contribution in [0, 0.1) is 5.41 Å². The van der Waals surface area contributed by atoms with Crippen molar-refractivity contribution < 1.29 is 9.53 Å². The number of nitrogens with two attached hydrogens (primary N) is 1. The maximum atomic E-state index is 12.1. The van der Waals surface area contributed by atoms with Crippen LogP contribution in [0.25, 0.3) is 0 Å². The molecule has 0 aliphatic heterocycles. The van der Waals surface area contributed by atoms with E-state index in [0.717, 1.165) is 19.3 Å². The maximum absolute atomic E-state index is 12.1. The van der Waals surface area contributed by atoms with Gasteiger partial charge in [-0.3, -0.25) is 4.79 Å². The van der Waals surface area contributed by atoms with Crippen LogP contribution in [0.2, 0.25) is 0 Å². The second kappa shape index (κ2) is 6.02. The molecule has 2 N–H and O–H groups in total. The quantitative estimate of drug-likeness (QED) is 0.788. The van der Waals surface area contributed by atoms with Crippen LogP contribution in [0.1, 0.15) is 46.5 Å². The van der Waals surface area contributed by atoms with Crippen LogP contribution in [0.3, 0.4) is 0 Å². The van der Waals surface area contributed by atoms with Gasteiger partial charge in [0.2, 0.25) is 5.91 Å². The van der Waals surface area contributed by atoms with Crippen molar-refractivity contribution in [1.82, 2.24) is 4.90 Å². The van der Waals surface area contributed by atoms with Gasteiger partial charge in [0.1, 0.15) is 0 Å². The Hall–Kier alpha value is -0.610. The summed E-state index contributed by atoms with van der Waals surface area (Å²) in [6.45, 7) is 6.24. The van der Waals surface area contributed by atoms with E-state index in [4.69, 9.17) is 10.5 Å². The molecule has 1 fully saturated rings.